The molecule has 0 aromatic carbocycles. The quantitative estimate of drug-likeness (QED) is 0.908. The van der Waals surface area contributed by atoms with E-state index in [9.17, 15) is 0 Å². The number of hydrogen-bond acceptors (Lipinski definition) is 4. The number of hydrogen-bond donors (Lipinski definition) is 1. The summed E-state index contributed by atoms with van der Waals surface area (Å²) in [6.07, 6.45) is 4.59. The Balaban J connectivity index is 2.11. The van der Waals surface area contributed by atoms with E-state index in [0.717, 1.165) is 10.9 Å². The van der Waals surface area contributed by atoms with Crippen molar-refractivity contribution in [1.82, 2.24) is 9.97 Å². The van der Waals surface area contributed by atoms with Crippen LogP contribution in [0.4, 0.5) is 5.95 Å². The number of anilines is 1. The third-order valence-electron chi connectivity index (χ3n) is 2.75. The molecule has 0 spiro atoms. The second kappa shape index (κ2) is 5.80. The maximum Gasteiger partial charge on any atom is 0.223 e. The molecule has 1 unspecified atom stereocenters. The van der Waals surface area contributed by atoms with Crippen LogP contribution in [-0.2, 0) is 6.42 Å². The largest absolute Gasteiger partial charge is 0.347 e. The Morgan fingerprint density at radius 1 is 1.39 bits per heavy atom. The SMILES string of the molecule is CCc1sc(C(C)Nc2ncc(Br)cn2)cc1C. The van der Waals surface area contributed by atoms with Crippen molar-refractivity contribution in [3.63, 3.8) is 0 Å². The molecule has 0 aliphatic carbocycles. The molecule has 1 atom stereocenters. The van der Waals surface area contributed by atoms with E-state index in [1.165, 1.54) is 15.3 Å². The Bertz CT molecular complexity index is 522. The fourth-order valence-corrected chi connectivity index (χ4v) is 3.09. The lowest BCUT2D eigenvalue weighted by molar-refractivity contribution is 0.878. The average molecular weight is 326 g/mol. The van der Waals surface area contributed by atoms with E-state index in [0.29, 0.717) is 5.95 Å². The molecule has 0 fully saturated rings. The third kappa shape index (κ3) is 3.09. The lowest BCUT2D eigenvalue weighted by Gasteiger charge is -2.11. The molecular weight excluding hydrogens is 310 g/mol. The molecule has 1 N–H and O–H groups in total. The number of nitrogens with one attached hydrogen (secondary N) is 1. The van der Waals surface area contributed by atoms with Crippen LogP contribution in [0.5, 0.6) is 0 Å². The smallest absolute Gasteiger partial charge is 0.223 e. The molecule has 0 saturated heterocycles. The van der Waals surface area contributed by atoms with Crippen molar-refractivity contribution in [3.8, 4) is 0 Å². The highest BCUT2D eigenvalue weighted by Crippen LogP contribution is 2.28. The first-order valence-corrected chi connectivity index (χ1v) is 7.54. The molecule has 0 aliphatic rings. The van der Waals surface area contributed by atoms with Gasteiger partial charge in [-0.2, -0.15) is 0 Å². The van der Waals surface area contributed by atoms with Crippen LogP contribution in [0.3, 0.4) is 0 Å². The molecule has 2 heterocycles. The second-order valence-electron chi connectivity index (χ2n) is 4.20. The lowest BCUT2D eigenvalue weighted by Crippen LogP contribution is -2.07. The molecule has 3 nitrogen and oxygen atoms in total. The van der Waals surface area contributed by atoms with Gasteiger partial charge in [-0.15, -0.1) is 11.3 Å². The minimum absolute atomic E-state index is 0.232. The molecule has 0 amide bonds. The summed E-state index contributed by atoms with van der Waals surface area (Å²) in [5, 5.41) is 3.32. The van der Waals surface area contributed by atoms with Crippen molar-refractivity contribution in [1.29, 1.82) is 0 Å². The van der Waals surface area contributed by atoms with Gasteiger partial charge in [0.25, 0.3) is 0 Å². The number of rotatable bonds is 4. The second-order valence-corrected chi connectivity index (χ2v) is 6.28. The van der Waals surface area contributed by atoms with E-state index in [2.05, 4.69) is 58.1 Å². The van der Waals surface area contributed by atoms with Crippen LogP contribution < -0.4 is 5.32 Å². The number of aryl methyl sites for hydroxylation is 2. The van der Waals surface area contributed by atoms with Crippen LogP contribution in [0.15, 0.2) is 22.9 Å². The Kier molecular flexibility index (Phi) is 4.35. The molecule has 2 rings (SSSR count). The first-order chi connectivity index (χ1) is 8.60. The van der Waals surface area contributed by atoms with Crippen molar-refractivity contribution in [2.24, 2.45) is 0 Å². The Labute approximate surface area is 120 Å². The summed E-state index contributed by atoms with van der Waals surface area (Å²) in [7, 11) is 0. The molecule has 96 valence electrons. The topological polar surface area (TPSA) is 37.8 Å². The van der Waals surface area contributed by atoms with E-state index < -0.39 is 0 Å². The van der Waals surface area contributed by atoms with Crippen molar-refractivity contribution >= 4 is 33.2 Å². The van der Waals surface area contributed by atoms with E-state index in [1.54, 1.807) is 12.4 Å². The van der Waals surface area contributed by atoms with Crippen LogP contribution >= 0.6 is 27.3 Å². The number of halogens is 1. The first kappa shape index (κ1) is 13.5. The van der Waals surface area contributed by atoms with Gasteiger partial charge in [-0.1, -0.05) is 6.92 Å². The van der Waals surface area contributed by atoms with Gasteiger partial charge in [0.15, 0.2) is 0 Å². The van der Waals surface area contributed by atoms with Gasteiger partial charge in [0.2, 0.25) is 5.95 Å². The zero-order valence-electron chi connectivity index (χ0n) is 10.7. The molecule has 0 bridgehead atoms. The van der Waals surface area contributed by atoms with Crippen LogP contribution in [0, 0.1) is 6.92 Å². The minimum Gasteiger partial charge on any atom is -0.347 e. The highest BCUT2D eigenvalue weighted by atomic mass is 79.9. The van der Waals surface area contributed by atoms with Gasteiger partial charge in [0, 0.05) is 22.1 Å². The predicted molar refractivity (Wildman–Crippen MR) is 80.2 cm³/mol. The van der Waals surface area contributed by atoms with Crippen LogP contribution in [0.25, 0.3) is 0 Å². The number of thiophene rings is 1. The summed E-state index contributed by atoms with van der Waals surface area (Å²) in [6.45, 7) is 6.50. The summed E-state index contributed by atoms with van der Waals surface area (Å²) in [5.74, 6) is 0.662. The van der Waals surface area contributed by atoms with Crippen LogP contribution in [0.2, 0.25) is 0 Å². The summed E-state index contributed by atoms with van der Waals surface area (Å²) in [4.78, 5) is 11.2. The van der Waals surface area contributed by atoms with E-state index >= 15 is 0 Å². The fraction of sp³-hybridized carbons (Fsp3) is 0.385. The first-order valence-electron chi connectivity index (χ1n) is 5.93. The summed E-state index contributed by atoms with van der Waals surface area (Å²) in [6, 6.07) is 2.48. The molecule has 5 heteroatoms. The summed E-state index contributed by atoms with van der Waals surface area (Å²) < 4.78 is 0.890. The van der Waals surface area contributed by atoms with Gasteiger partial charge in [-0.3, -0.25) is 0 Å². The zero-order chi connectivity index (χ0) is 13.1. The Hall–Kier alpha value is -0.940. The highest BCUT2D eigenvalue weighted by molar-refractivity contribution is 9.10. The lowest BCUT2D eigenvalue weighted by atomic mass is 10.2. The predicted octanol–water partition coefficient (Wildman–Crippen LogP) is 4.34. The van der Waals surface area contributed by atoms with Crippen molar-refractivity contribution in [2.75, 3.05) is 5.32 Å². The summed E-state index contributed by atoms with van der Waals surface area (Å²) >= 11 is 5.19. The standard InChI is InChI=1S/C13H16BrN3S/c1-4-11-8(2)5-12(18-11)9(3)17-13-15-6-10(14)7-16-13/h5-7,9H,4H2,1-3H3,(H,15,16,17). The van der Waals surface area contributed by atoms with Crippen LogP contribution in [-0.4, -0.2) is 9.97 Å². The van der Waals surface area contributed by atoms with Crippen molar-refractivity contribution < 1.29 is 0 Å². The molecular formula is C13H16BrN3S. The zero-order valence-corrected chi connectivity index (χ0v) is 13.1. The monoisotopic (exact) mass is 325 g/mol. The van der Waals surface area contributed by atoms with Gasteiger partial charge in [0.05, 0.1) is 10.5 Å². The third-order valence-corrected chi connectivity index (χ3v) is 4.73. The van der Waals surface area contributed by atoms with Crippen molar-refractivity contribution in [3.05, 3.63) is 38.3 Å². The van der Waals surface area contributed by atoms with E-state index in [4.69, 9.17) is 0 Å². The average Bonchev–Trinajstić information content (AvgIpc) is 2.73. The molecule has 0 aliphatic heterocycles. The molecule has 18 heavy (non-hydrogen) atoms. The number of aromatic nitrogens is 2. The van der Waals surface area contributed by atoms with Gasteiger partial charge in [-0.05, 0) is 47.8 Å². The number of nitrogens with zero attached hydrogens (tertiary/aromatic N) is 2. The maximum atomic E-state index is 4.23. The fourth-order valence-electron chi connectivity index (χ4n) is 1.76. The molecule has 0 radical (unpaired) electrons. The van der Waals surface area contributed by atoms with Gasteiger partial charge < -0.3 is 5.32 Å². The Morgan fingerprint density at radius 3 is 2.61 bits per heavy atom. The normalized spacial score (nSPS) is 12.4. The molecule has 0 saturated carbocycles. The van der Waals surface area contributed by atoms with E-state index in [-0.39, 0.29) is 6.04 Å². The van der Waals surface area contributed by atoms with Crippen LogP contribution in [0.1, 0.15) is 35.2 Å². The van der Waals surface area contributed by atoms with E-state index in [1.807, 2.05) is 11.3 Å². The maximum absolute atomic E-state index is 4.23. The van der Waals surface area contributed by atoms with Gasteiger partial charge in [-0.25, -0.2) is 9.97 Å². The highest BCUT2D eigenvalue weighted by Gasteiger charge is 2.11. The van der Waals surface area contributed by atoms with Gasteiger partial charge in [0.1, 0.15) is 0 Å². The molecule has 2 aromatic heterocycles. The van der Waals surface area contributed by atoms with Crippen molar-refractivity contribution in [2.45, 2.75) is 33.2 Å². The summed E-state index contributed by atoms with van der Waals surface area (Å²) in [5.41, 5.74) is 1.38. The Morgan fingerprint density at radius 2 is 2.06 bits per heavy atom. The minimum atomic E-state index is 0.232. The molecule has 2 aromatic rings. The van der Waals surface area contributed by atoms with Gasteiger partial charge >= 0.3 is 0 Å².